The van der Waals surface area contributed by atoms with Gasteiger partial charge in [0.15, 0.2) is 0 Å². The van der Waals surface area contributed by atoms with Crippen molar-refractivity contribution in [2.24, 2.45) is 5.11 Å². The molecule has 0 aliphatic heterocycles. The van der Waals surface area contributed by atoms with Crippen LogP contribution in [0.25, 0.3) is 16.5 Å². The van der Waals surface area contributed by atoms with Gasteiger partial charge in [0.05, 0.1) is 0 Å². The third kappa shape index (κ3) is 2.80. The minimum Gasteiger partial charge on any atom is -0.328 e. The Morgan fingerprint density at radius 2 is 2.50 bits per heavy atom. The van der Waals surface area contributed by atoms with Gasteiger partial charge in [0.1, 0.15) is 0 Å². The van der Waals surface area contributed by atoms with Crippen molar-refractivity contribution in [1.29, 1.82) is 0 Å². The molecule has 14 heavy (non-hydrogen) atoms. The summed E-state index contributed by atoms with van der Waals surface area (Å²) in [4.78, 5) is 16.4. The minimum absolute atomic E-state index is 0.146. The number of rotatable bonds is 3. The zero-order valence-corrected chi connectivity index (χ0v) is 7.77. The van der Waals surface area contributed by atoms with E-state index in [1.54, 1.807) is 24.4 Å². The first kappa shape index (κ1) is 10.1. The number of nitrogens with zero attached hydrogens (tertiary/aromatic N) is 3. The van der Waals surface area contributed by atoms with Crippen molar-refractivity contribution in [1.82, 2.24) is 4.98 Å². The largest absolute Gasteiger partial charge is 0.328 e. The van der Waals surface area contributed by atoms with Gasteiger partial charge in [-0.25, -0.2) is 0 Å². The number of aromatic amines is 1. The molecule has 0 aliphatic rings. The molecule has 1 heterocycles. The van der Waals surface area contributed by atoms with E-state index in [-0.39, 0.29) is 12.1 Å². The summed E-state index contributed by atoms with van der Waals surface area (Å²) >= 11 is 0. The lowest BCUT2D eigenvalue weighted by Crippen LogP contribution is -2.08. The molecule has 0 aliphatic carbocycles. The maximum absolute atomic E-state index is 11.2. The van der Waals surface area contributed by atoms with Gasteiger partial charge in [-0.2, -0.15) is 0 Å². The molecule has 1 rings (SSSR count). The van der Waals surface area contributed by atoms with Crippen LogP contribution >= 0.6 is 0 Å². The number of nitrogens with one attached hydrogen (secondary N) is 1. The molecular weight excluding hydrogens is 180 g/mol. The van der Waals surface area contributed by atoms with Crippen molar-refractivity contribution < 1.29 is 0 Å². The van der Waals surface area contributed by atoms with Crippen LogP contribution in [-0.4, -0.2) is 11.5 Å². The number of hydrogen-bond acceptors (Lipinski definition) is 2. The number of pyridine rings is 1. The van der Waals surface area contributed by atoms with Gasteiger partial charge in [-0.15, -0.1) is 0 Å². The number of hydrogen-bond donors (Lipinski definition) is 1. The fourth-order valence-electron chi connectivity index (χ4n) is 1.00. The first-order valence-electron chi connectivity index (χ1n) is 4.11. The molecule has 0 radical (unpaired) electrons. The molecule has 0 bridgehead atoms. The summed E-state index contributed by atoms with van der Waals surface area (Å²) in [6, 6.07) is 1.77. The molecule has 0 spiro atoms. The Kier molecular flexibility index (Phi) is 3.52. The van der Waals surface area contributed by atoms with Crippen molar-refractivity contribution in [3.05, 3.63) is 50.3 Å². The quantitative estimate of drug-likeness (QED) is 0.441. The molecule has 0 saturated heterocycles. The van der Waals surface area contributed by atoms with Gasteiger partial charge in [-0.1, -0.05) is 17.3 Å². The fraction of sp³-hybridized carbons (Fsp3) is 0.222. The van der Waals surface area contributed by atoms with Crippen LogP contribution < -0.4 is 5.56 Å². The number of aryl methyl sites for hydroxylation is 1. The first-order chi connectivity index (χ1) is 6.74. The monoisotopic (exact) mass is 190 g/mol. The van der Waals surface area contributed by atoms with Crippen molar-refractivity contribution in [3.63, 3.8) is 0 Å². The average Bonchev–Trinajstić information content (AvgIpc) is 2.18. The molecule has 5 heteroatoms. The molecule has 72 valence electrons. The van der Waals surface area contributed by atoms with Crippen molar-refractivity contribution >= 4 is 6.08 Å². The summed E-state index contributed by atoms with van der Waals surface area (Å²) < 4.78 is 0. The smallest absolute Gasteiger partial charge is 0.255 e. The lowest BCUT2D eigenvalue weighted by Gasteiger charge is -1.93. The lowest BCUT2D eigenvalue weighted by molar-refractivity contribution is 1.18. The van der Waals surface area contributed by atoms with Gasteiger partial charge in [0, 0.05) is 23.2 Å². The highest BCUT2D eigenvalue weighted by atomic mass is 16.1. The van der Waals surface area contributed by atoms with Gasteiger partial charge < -0.3 is 4.98 Å². The maximum atomic E-state index is 11.2. The molecule has 0 unspecified atom stereocenters. The minimum atomic E-state index is -0.146. The maximum Gasteiger partial charge on any atom is 0.255 e. The van der Waals surface area contributed by atoms with Crippen molar-refractivity contribution in [2.75, 3.05) is 6.54 Å². The zero-order valence-electron chi connectivity index (χ0n) is 7.77. The van der Waals surface area contributed by atoms with E-state index in [2.05, 4.69) is 15.0 Å². The summed E-state index contributed by atoms with van der Waals surface area (Å²) in [5.74, 6) is 0. The van der Waals surface area contributed by atoms with E-state index in [4.69, 9.17) is 5.53 Å². The highest BCUT2D eigenvalue weighted by Gasteiger charge is 1.93. The zero-order chi connectivity index (χ0) is 10.4. The molecule has 0 fully saturated rings. The molecule has 1 aromatic heterocycles. The SMILES string of the molecule is Cc1c[nH]c(=O)c(C=CCN=[N+]=[N-])c1. The number of H-pyrrole nitrogens is 1. The van der Waals surface area contributed by atoms with Crippen LogP contribution in [-0.2, 0) is 0 Å². The topological polar surface area (TPSA) is 81.6 Å². The first-order valence-corrected chi connectivity index (χ1v) is 4.11. The third-order valence-corrected chi connectivity index (χ3v) is 1.62. The van der Waals surface area contributed by atoms with E-state index in [0.717, 1.165) is 5.56 Å². The Bertz CT molecular complexity index is 440. The van der Waals surface area contributed by atoms with E-state index in [9.17, 15) is 4.79 Å². The highest BCUT2D eigenvalue weighted by Crippen LogP contribution is 1.98. The van der Waals surface area contributed by atoms with Gasteiger partial charge in [0.25, 0.3) is 5.56 Å². The van der Waals surface area contributed by atoms with E-state index >= 15 is 0 Å². The molecular formula is C9H10N4O. The van der Waals surface area contributed by atoms with Crippen LogP contribution in [0.3, 0.4) is 0 Å². The third-order valence-electron chi connectivity index (χ3n) is 1.62. The van der Waals surface area contributed by atoms with Crippen LogP contribution in [0.4, 0.5) is 0 Å². The summed E-state index contributed by atoms with van der Waals surface area (Å²) in [5, 5.41) is 3.32. The molecule has 1 N–H and O–H groups in total. The van der Waals surface area contributed by atoms with Gasteiger partial charge >= 0.3 is 0 Å². The van der Waals surface area contributed by atoms with Gasteiger partial charge in [-0.3, -0.25) is 4.79 Å². The lowest BCUT2D eigenvalue weighted by atomic mass is 10.2. The fourth-order valence-corrected chi connectivity index (χ4v) is 1.00. The molecule has 0 saturated carbocycles. The standard InChI is InChI=1S/C9H10N4O/c1-7-5-8(9(14)11-6-7)3-2-4-12-13-10/h2-3,5-6H,4H2,1H3,(H,11,14). The molecule has 0 atom stereocenters. The normalized spacial score (nSPS) is 10.1. The Morgan fingerprint density at radius 3 is 3.21 bits per heavy atom. The highest BCUT2D eigenvalue weighted by molar-refractivity contribution is 5.48. The Morgan fingerprint density at radius 1 is 1.71 bits per heavy atom. The second-order valence-corrected chi connectivity index (χ2v) is 2.78. The Balaban J connectivity index is 2.85. The average molecular weight is 190 g/mol. The summed E-state index contributed by atoms with van der Waals surface area (Å²) in [5.41, 5.74) is 9.42. The molecule has 0 aromatic carbocycles. The van der Waals surface area contributed by atoms with E-state index < -0.39 is 0 Å². The number of azide groups is 1. The van der Waals surface area contributed by atoms with E-state index in [0.29, 0.717) is 5.56 Å². The number of aromatic nitrogens is 1. The second kappa shape index (κ2) is 4.89. The van der Waals surface area contributed by atoms with Gasteiger partial charge in [-0.05, 0) is 24.1 Å². The Hall–Kier alpha value is -2.00. The summed E-state index contributed by atoms with van der Waals surface area (Å²) in [7, 11) is 0. The van der Waals surface area contributed by atoms with E-state index in [1.165, 1.54) is 0 Å². The Labute approximate surface area is 80.7 Å². The van der Waals surface area contributed by atoms with Crippen LogP contribution in [0.2, 0.25) is 0 Å². The molecule has 0 amide bonds. The summed E-state index contributed by atoms with van der Waals surface area (Å²) in [6.07, 6.45) is 4.93. The predicted octanol–water partition coefficient (Wildman–Crippen LogP) is 2.01. The van der Waals surface area contributed by atoms with Crippen LogP contribution in [0, 0.1) is 6.92 Å². The van der Waals surface area contributed by atoms with E-state index in [1.807, 2.05) is 6.92 Å². The van der Waals surface area contributed by atoms with Crippen molar-refractivity contribution in [2.45, 2.75) is 6.92 Å². The van der Waals surface area contributed by atoms with Crippen LogP contribution in [0.15, 0.2) is 28.2 Å². The van der Waals surface area contributed by atoms with Gasteiger partial charge in [0.2, 0.25) is 0 Å². The van der Waals surface area contributed by atoms with Crippen molar-refractivity contribution in [3.8, 4) is 0 Å². The van der Waals surface area contributed by atoms with Crippen LogP contribution in [0.5, 0.6) is 0 Å². The second-order valence-electron chi connectivity index (χ2n) is 2.78. The molecule has 5 nitrogen and oxygen atoms in total. The summed E-state index contributed by atoms with van der Waals surface area (Å²) in [6.45, 7) is 2.14. The van der Waals surface area contributed by atoms with Crippen LogP contribution in [0.1, 0.15) is 11.1 Å². The molecule has 1 aromatic rings. The predicted molar refractivity (Wildman–Crippen MR) is 54.8 cm³/mol.